The fourth-order valence-corrected chi connectivity index (χ4v) is 2.87. The van der Waals surface area contributed by atoms with Gasteiger partial charge in [0.2, 0.25) is 5.91 Å². The van der Waals surface area contributed by atoms with Gasteiger partial charge in [-0.05, 0) is 26.3 Å². The summed E-state index contributed by atoms with van der Waals surface area (Å²) in [7, 11) is 1.84. The summed E-state index contributed by atoms with van der Waals surface area (Å²) in [6, 6.07) is 7.83. The van der Waals surface area contributed by atoms with Crippen LogP contribution in [-0.4, -0.2) is 41.6 Å². The molecular weight excluding hydrogens is 252 g/mol. The molecule has 0 aromatic heterocycles. The topological polar surface area (TPSA) is 43.8 Å². The summed E-state index contributed by atoms with van der Waals surface area (Å²) in [4.78, 5) is 16.3. The number of nitrogens with zero attached hydrogens (tertiary/aromatic N) is 2. The van der Waals surface area contributed by atoms with Gasteiger partial charge in [-0.25, -0.2) is 0 Å². The minimum absolute atomic E-state index is 0.115. The van der Waals surface area contributed by atoms with Gasteiger partial charge in [-0.2, -0.15) is 0 Å². The van der Waals surface area contributed by atoms with Gasteiger partial charge in [0.15, 0.2) is 0 Å². The number of benzene rings is 1. The Morgan fingerprint density at radius 1 is 1.30 bits per heavy atom. The Morgan fingerprint density at radius 2 is 1.95 bits per heavy atom. The van der Waals surface area contributed by atoms with E-state index in [4.69, 9.17) is 0 Å². The summed E-state index contributed by atoms with van der Waals surface area (Å²) in [6.45, 7) is 7.34. The van der Waals surface area contributed by atoms with Gasteiger partial charge in [0.05, 0.1) is 6.10 Å². The smallest absolute Gasteiger partial charge is 0.247 e. The highest BCUT2D eigenvalue weighted by Crippen LogP contribution is 2.34. The van der Waals surface area contributed by atoms with Gasteiger partial charge in [-0.15, -0.1) is 0 Å². The second-order valence-corrected chi connectivity index (χ2v) is 5.92. The molecule has 1 unspecified atom stereocenters. The first kappa shape index (κ1) is 14.9. The van der Waals surface area contributed by atoms with Crippen LogP contribution in [0.3, 0.4) is 0 Å². The minimum atomic E-state index is -0.587. The molecule has 110 valence electrons. The van der Waals surface area contributed by atoms with Gasteiger partial charge < -0.3 is 14.9 Å². The summed E-state index contributed by atoms with van der Waals surface area (Å²) in [5.41, 5.74) is 1.28. The van der Waals surface area contributed by atoms with Crippen LogP contribution in [0.15, 0.2) is 24.3 Å². The lowest BCUT2D eigenvalue weighted by atomic mass is 9.94. The van der Waals surface area contributed by atoms with Crippen LogP contribution < -0.4 is 4.90 Å². The van der Waals surface area contributed by atoms with Gasteiger partial charge in [-0.3, -0.25) is 4.79 Å². The van der Waals surface area contributed by atoms with Crippen molar-refractivity contribution in [3.8, 4) is 0 Å². The quantitative estimate of drug-likeness (QED) is 0.920. The molecular formula is C16H24N2O2. The Morgan fingerprint density at radius 3 is 2.60 bits per heavy atom. The SMILES string of the molecule is CCC(O)c1ccccc1N1CCN(C)C(=O)C1(C)C. The number of aliphatic hydroxyl groups is 1. The van der Waals surface area contributed by atoms with Crippen LogP contribution in [0.1, 0.15) is 38.9 Å². The molecule has 1 aliphatic heterocycles. The number of carbonyl (C=O) groups is 1. The zero-order valence-electron chi connectivity index (χ0n) is 12.8. The number of anilines is 1. The minimum Gasteiger partial charge on any atom is -0.388 e. The lowest BCUT2D eigenvalue weighted by Gasteiger charge is -2.47. The monoisotopic (exact) mass is 276 g/mol. The molecule has 4 heteroatoms. The number of hydrogen-bond donors (Lipinski definition) is 1. The van der Waals surface area contributed by atoms with Crippen LogP contribution in [0.4, 0.5) is 5.69 Å². The number of hydrogen-bond acceptors (Lipinski definition) is 3. The largest absolute Gasteiger partial charge is 0.388 e. The number of aliphatic hydroxyl groups excluding tert-OH is 1. The van der Waals surface area contributed by atoms with Crippen molar-refractivity contribution in [1.82, 2.24) is 4.90 Å². The molecule has 1 amide bonds. The molecule has 0 spiro atoms. The Hall–Kier alpha value is -1.55. The van der Waals surface area contributed by atoms with Crippen LogP contribution in [0.5, 0.6) is 0 Å². The first-order valence-corrected chi connectivity index (χ1v) is 7.19. The number of likely N-dealkylation sites (N-methyl/N-ethyl adjacent to an activating group) is 1. The van der Waals surface area contributed by atoms with E-state index < -0.39 is 11.6 Å². The predicted octanol–water partition coefficient (Wildman–Crippen LogP) is 2.19. The van der Waals surface area contributed by atoms with Crippen molar-refractivity contribution in [2.24, 2.45) is 0 Å². The van der Waals surface area contributed by atoms with Gasteiger partial charge >= 0.3 is 0 Å². The van der Waals surface area contributed by atoms with Crippen molar-refractivity contribution < 1.29 is 9.90 Å². The van der Waals surface area contributed by atoms with Crippen molar-refractivity contribution in [2.75, 3.05) is 25.0 Å². The number of rotatable bonds is 3. The molecule has 1 atom stereocenters. The maximum atomic E-state index is 12.4. The lowest BCUT2D eigenvalue weighted by Crippen LogP contribution is -2.62. The normalized spacial score (nSPS) is 20.1. The molecule has 1 aromatic carbocycles. The fraction of sp³-hybridized carbons (Fsp3) is 0.562. The average Bonchev–Trinajstić information content (AvgIpc) is 2.44. The number of amides is 1. The zero-order chi connectivity index (χ0) is 14.9. The molecule has 1 saturated heterocycles. The molecule has 20 heavy (non-hydrogen) atoms. The van der Waals surface area contributed by atoms with E-state index in [1.807, 2.05) is 52.1 Å². The average molecular weight is 276 g/mol. The third-order valence-corrected chi connectivity index (χ3v) is 4.18. The molecule has 0 aliphatic carbocycles. The summed E-state index contributed by atoms with van der Waals surface area (Å²) < 4.78 is 0. The van der Waals surface area contributed by atoms with E-state index in [-0.39, 0.29) is 5.91 Å². The second kappa shape index (κ2) is 5.44. The van der Waals surface area contributed by atoms with Gasteiger partial charge in [0.1, 0.15) is 5.54 Å². The summed E-state index contributed by atoms with van der Waals surface area (Å²) in [6.07, 6.45) is 0.177. The van der Waals surface area contributed by atoms with Crippen molar-refractivity contribution in [3.63, 3.8) is 0 Å². The standard InChI is InChI=1S/C16H24N2O2/c1-5-14(19)12-8-6-7-9-13(12)18-11-10-17(4)15(20)16(18,2)3/h6-9,14,19H,5,10-11H2,1-4H3. The summed E-state index contributed by atoms with van der Waals surface area (Å²) in [5.74, 6) is 0.115. The molecule has 0 bridgehead atoms. The van der Waals surface area contributed by atoms with E-state index in [9.17, 15) is 9.90 Å². The van der Waals surface area contributed by atoms with Gasteiger partial charge in [0.25, 0.3) is 0 Å². The second-order valence-electron chi connectivity index (χ2n) is 5.92. The fourth-order valence-electron chi connectivity index (χ4n) is 2.87. The van der Waals surface area contributed by atoms with Crippen molar-refractivity contribution in [2.45, 2.75) is 38.8 Å². The van der Waals surface area contributed by atoms with Crippen LogP contribution in [0.25, 0.3) is 0 Å². The summed E-state index contributed by atoms with van der Waals surface area (Å²) in [5, 5.41) is 10.2. The number of para-hydroxylation sites is 1. The Kier molecular flexibility index (Phi) is 4.04. The van der Waals surface area contributed by atoms with Crippen LogP contribution in [-0.2, 0) is 4.79 Å². The van der Waals surface area contributed by atoms with E-state index in [0.29, 0.717) is 13.0 Å². The zero-order valence-corrected chi connectivity index (χ0v) is 12.8. The first-order valence-electron chi connectivity index (χ1n) is 7.19. The van der Waals surface area contributed by atoms with Crippen molar-refractivity contribution >= 4 is 11.6 Å². The molecule has 2 rings (SSSR count). The third kappa shape index (κ3) is 2.40. The van der Waals surface area contributed by atoms with Crippen LogP contribution in [0, 0.1) is 0 Å². The number of piperazine rings is 1. The van der Waals surface area contributed by atoms with Gasteiger partial charge in [0, 0.05) is 31.4 Å². The van der Waals surface area contributed by atoms with E-state index in [1.54, 1.807) is 4.90 Å². The number of carbonyl (C=O) groups excluding carboxylic acids is 1. The Labute approximate surface area is 121 Å². The molecule has 1 aromatic rings. The molecule has 1 fully saturated rings. The Bertz CT molecular complexity index is 499. The molecule has 1 N–H and O–H groups in total. The molecule has 1 aliphatic rings. The molecule has 4 nitrogen and oxygen atoms in total. The first-order chi connectivity index (χ1) is 9.39. The van der Waals surface area contributed by atoms with E-state index >= 15 is 0 Å². The van der Waals surface area contributed by atoms with Crippen LogP contribution in [0.2, 0.25) is 0 Å². The van der Waals surface area contributed by atoms with E-state index in [1.165, 1.54) is 0 Å². The maximum absolute atomic E-state index is 12.4. The van der Waals surface area contributed by atoms with Crippen LogP contribution >= 0.6 is 0 Å². The van der Waals surface area contributed by atoms with Crippen molar-refractivity contribution in [1.29, 1.82) is 0 Å². The predicted molar refractivity (Wildman–Crippen MR) is 80.8 cm³/mol. The highest BCUT2D eigenvalue weighted by atomic mass is 16.3. The molecule has 0 radical (unpaired) electrons. The van der Waals surface area contributed by atoms with Crippen molar-refractivity contribution in [3.05, 3.63) is 29.8 Å². The maximum Gasteiger partial charge on any atom is 0.247 e. The Balaban J connectivity index is 2.43. The lowest BCUT2D eigenvalue weighted by molar-refractivity contribution is -0.136. The van der Waals surface area contributed by atoms with Gasteiger partial charge in [-0.1, -0.05) is 25.1 Å². The highest BCUT2D eigenvalue weighted by molar-refractivity contribution is 5.90. The highest BCUT2D eigenvalue weighted by Gasteiger charge is 2.41. The third-order valence-electron chi connectivity index (χ3n) is 4.18. The van der Waals surface area contributed by atoms with E-state index in [0.717, 1.165) is 17.8 Å². The van der Waals surface area contributed by atoms with E-state index in [2.05, 4.69) is 4.90 Å². The summed E-state index contributed by atoms with van der Waals surface area (Å²) >= 11 is 0. The molecule has 0 saturated carbocycles. The molecule has 1 heterocycles.